The topological polar surface area (TPSA) is 45.0 Å². The van der Waals surface area contributed by atoms with Crippen LogP contribution in [0.5, 0.6) is 5.75 Å². The summed E-state index contributed by atoms with van der Waals surface area (Å²) in [4.78, 5) is 0. The van der Waals surface area contributed by atoms with Gasteiger partial charge in [-0.2, -0.15) is 5.26 Å². The third-order valence-corrected chi connectivity index (χ3v) is 2.51. The molecule has 1 rings (SSSR count). The first-order chi connectivity index (χ1) is 7.77. The molecule has 0 saturated heterocycles. The highest BCUT2D eigenvalue weighted by Gasteiger charge is 2.01. The van der Waals surface area contributed by atoms with Crippen molar-refractivity contribution in [3.8, 4) is 11.8 Å². The van der Waals surface area contributed by atoms with E-state index < -0.39 is 0 Å². The molecule has 1 aromatic carbocycles. The fourth-order valence-electron chi connectivity index (χ4n) is 1.36. The second-order valence-corrected chi connectivity index (χ2v) is 3.69. The third kappa shape index (κ3) is 3.92. The van der Waals surface area contributed by atoms with Crippen molar-refractivity contribution in [1.82, 2.24) is 5.32 Å². The van der Waals surface area contributed by atoms with Gasteiger partial charge in [-0.1, -0.05) is 12.1 Å². The molecule has 0 heterocycles. The van der Waals surface area contributed by atoms with Crippen molar-refractivity contribution in [2.24, 2.45) is 0 Å². The number of hydrogen-bond donors (Lipinski definition) is 1. The predicted molar refractivity (Wildman–Crippen MR) is 64.3 cm³/mol. The summed E-state index contributed by atoms with van der Waals surface area (Å²) in [6.45, 7) is 2.72. The Balaban J connectivity index is 2.43. The quantitative estimate of drug-likeness (QED) is 0.746. The zero-order chi connectivity index (χ0) is 11.8. The van der Waals surface area contributed by atoms with Gasteiger partial charge in [0.2, 0.25) is 0 Å². The predicted octanol–water partition coefficient (Wildman–Crippen LogP) is 2.65. The molecule has 1 N–H and O–H groups in total. The first-order valence-corrected chi connectivity index (χ1v) is 5.55. The van der Waals surface area contributed by atoms with E-state index in [9.17, 15) is 0 Å². The average molecular weight is 218 g/mol. The lowest BCUT2D eigenvalue weighted by molar-refractivity contribution is 0.312. The van der Waals surface area contributed by atoms with Crippen molar-refractivity contribution in [2.75, 3.05) is 13.7 Å². The molecular formula is C13H18N2O. The number of nitriles is 1. The highest BCUT2D eigenvalue weighted by molar-refractivity contribution is 5.28. The van der Waals surface area contributed by atoms with Crippen LogP contribution in [-0.4, -0.2) is 13.7 Å². The van der Waals surface area contributed by atoms with Crippen LogP contribution in [0.1, 0.15) is 31.4 Å². The Labute approximate surface area is 97.0 Å². The van der Waals surface area contributed by atoms with Crippen LogP contribution in [0, 0.1) is 11.3 Å². The van der Waals surface area contributed by atoms with Gasteiger partial charge >= 0.3 is 0 Å². The van der Waals surface area contributed by atoms with Crippen LogP contribution in [0.15, 0.2) is 24.3 Å². The van der Waals surface area contributed by atoms with Gasteiger partial charge in [0, 0.05) is 12.5 Å². The Morgan fingerprint density at radius 3 is 2.62 bits per heavy atom. The first kappa shape index (κ1) is 12.5. The van der Waals surface area contributed by atoms with Crippen LogP contribution in [0.25, 0.3) is 0 Å². The van der Waals surface area contributed by atoms with Gasteiger partial charge in [-0.05, 0) is 38.1 Å². The van der Waals surface area contributed by atoms with E-state index in [-0.39, 0.29) is 0 Å². The van der Waals surface area contributed by atoms with Gasteiger partial charge in [0.1, 0.15) is 5.75 Å². The molecule has 0 amide bonds. The number of ether oxygens (including phenoxy) is 1. The molecule has 86 valence electrons. The van der Waals surface area contributed by atoms with Crippen LogP contribution in [-0.2, 0) is 0 Å². The lowest BCUT2D eigenvalue weighted by Crippen LogP contribution is -2.11. The van der Waals surface area contributed by atoms with Crippen molar-refractivity contribution in [3.05, 3.63) is 29.8 Å². The molecule has 1 aromatic rings. The minimum absolute atomic E-state index is 0.354. The Kier molecular flexibility index (Phi) is 5.38. The first-order valence-electron chi connectivity index (χ1n) is 5.55. The van der Waals surface area contributed by atoms with Crippen LogP contribution in [0.2, 0.25) is 0 Å². The number of nitrogens with zero attached hydrogens (tertiary/aromatic N) is 1. The molecular weight excluding hydrogens is 200 g/mol. The molecule has 0 aliphatic rings. The van der Waals surface area contributed by atoms with Gasteiger partial charge in [-0.15, -0.1) is 0 Å². The van der Waals surface area contributed by atoms with Gasteiger partial charge in [-0.25, -0.2) is 0 Å². The van der Waals surface area contributed by atoms with Crippen molar-refractivity contribution >= 4 is 0 Å². The molecule has 3 heteroatoms. The second-order valence-electron chi connectivity index (χ2n) is 3.69. The molecule has 0 bridgehead atoms. The summed E-state index contributed by atoms with van der Waals surface area (Å²) in [6.07, 6.45) is 1.33. The SMILES string of the molecule is CNC(C)c1ccc(OCCCC#N)cc1. The average Bonchev–Trinajstić information content (AvgIpc) is 2.34. The molecule has 0 aliphatic heterocycles. The summed E-state index contributed by atoms with van der Waals surface area (Å²) in [5, 5.41) is 11.6. The van der Waals surface area contributed by atoms with E-state index in [1.165, 1.54) is 5.56 Å². The van der Waals surface area contributed by atoms with E-state index in [1.807, 2.05) is 19.2 Å². The van der Waals surface area contributed by atoms with E-state index in [0.717, 1.165) is 12.2 Å². The number of unbranched alkanes of at least 4 members (excludes halogenated alkanes) is 1. The Morgan fingerprint density at radius 2 is 2.06 bits per heavy atom. The lowest BCUT2D eigenvalue weighted by Gasteiger charge is -2.11. The monoisotopic (exact) mass is 218 g/mol. The Hall–Kier alpha value is -1.53. The molecule has 3 nitrogen and oxygen atoms in total. The van der Waals surface area contributed by atoms with Gasteiger partial charge in [-0.3, -0.25) is 0 Å². The van der Waals surface area contributed by atoms with Crippen molar-refractivity contribution in [3.63, 3.8) is 0 Å². The maximum Gasteiger partial charge on any atom is 0.119 e. The van der Waals surface area contributed by atoms with Gasteiger partial charge in [0.25, 0.3) is 0 Å². The number of nitrogens with one attached hydrogen (secondary N) is 1. The molecule has 0 radical (unpaired) electrons. The molecule has 0 aromatic heterocycles. The highest BCUT2D eigenvalue weighted by Crippen LogP contribution is 2.17. The standard InChI is InChI=1S/C13H18N2O/c1-11(15-2)12-5-7-13(8-6-12)16-10-4-3-9-14/h5-8,11,15H,3-4,10H2,1-2H3. The zero-order valence-corrected chi connectivity index (χ0v) is 9.86. The van der Waals surface area contributed by atoms with Crippen molar-refractivity contribution < 1.29 is 4.74 Å². The Morgan fingerprint density at radius 1 is 1.38 bits per heavy atom. The molecule has 1 atom stereocenters. The summed E-state index contributed by atoms with van der Waals surface area (Å²) in [5.74, 6) is 0.866. The normalized spacial score (nSPS) is 11.8. The number of rotatable bonds is 6. The molecule has 0 spiro atoms. The third-order valence-electron chi connectivity index (χ3n) is 2.51. The summed E-state index contributed by atoms with van der Waals surface area (Å²) < 4.78 is 5.50. The van der Waals surface area contributed by atoms with Gasteiger partial charge < -0.3 is 10.1 Å². The summed E-state index contributed by atoms with van der Waals surface area (Å²) in [5.41, 5.74) is 1.24. The zero-order valence-electron chi connectivity index (χ0n) is 9.86. The Bertz CT molecular complexity index is 340. The molecule has 0 aliphatic carbocycles. The van der Waals surface area contributed by atoms with Crippen LogP contribution < -0.4 is 10.1 Å². The molecule has 1 unspecified atom stereocenters. The van der Waals surface area contributed by atoms with E-state index in [2.05, 4.69) is 30.4 Å². The number of benzene rings is 1. The van der Waals surface area contributed by atoms with Crippen LogP contribution in [0.4, 0.5) is 0 Å². The van der Waals surface area contributed by atoms with E-state index in [1.54, 1.807) is 0 Å². The van der Waals surface area contributed by atoms with Gasteiger partial charge in [0.05, 0.1) is 12.7 Å². The number of hydrogen-bond acceptors (Lipinski definition) is 3. The smallest absolute Gasteiger partial charge is 0.119 e. The maximum absolute atomic E-state index is 8.38. The highest BCUT2D eigenvalue weighted by atomic mass is 16.5. The van der Waals surface area contributed by atoms with Crippen LogP contribution in [0.3, 0.4) is 0 Å². The molecule has 0 saturated carbocycles. The molecule has 0 fully saturated rings. The lowest BCUT2D eigenvalue weighted by atomic mass is 10.1. The van der Waals surface area contributed by atoms with E-state index in [0.29, 0.717) is 19.1 Å². The largest absolute Gasteiger partial charge is 0.494 e. The van der Waals surface area contributed by atoms with E-state index in [4.69, 9.17) is 10.00 Å². The second kappa shape index (κ2) is 6.86. The van der Waals surface area contributed by atoms with Crippen molar-refractivity contribution in [1.29, 1.82) is 5.26 Å². The summed E-state index contributed by atoms with van der Waals surface area (Å²) in [6, 6.07) is 10.5. The molecule has 16 heavy (non-hydrogen) atoms. The van der Waals surface area contributed by atoms with Gasteiger partial charge in [0.15, 0.2) is 0 Å². The van der Waals surface area contributed by atoms with E-state index >= 15 is 0 Å². The fraction of sp³-hybridized carbons (Fsp3) is 0.462. The minimum Gasteiger partial charge on any atom is -0.494 e. The fourth-order valence-corrected chi connectivity index (χ4v) is 1.36. The maximum atomic E-state index is 8.38. The summed E-state index contributed by atoms with van der Waals surface area (Å²) >= 11 is 0. The summed E-state index contributed by atoms with van der Waals surface area (Å²) in [7, 11) is 1.94. The minimum atomic E-state index is 0.354. The van der Waals surface area contributed by atoms with Crippen LogP contribution >= 0.6 is 0 Å². The van der Waals surface area contributed by atoms with Crippen molar-refractivity contribution in [2.45, 2.75) is 25.8 Å².